The first-order chi connectivity index (χ1) is 15.6. The Morgan fingerprint density at radius 1 is 1.22 bits per heavy atom. The second-order valence-corrected chi connectivity index (χ2v) is 7.71. The van der Waals surface area contributed by atoms with Crippen molar-refractivity contribution >= 4 is 22.5 Å². The molecule has 2 aromatic heterocycles. The van der Waals surface area contributed by atoms with Crippen LogP contribution in [0.25, 0.3) is 22.0 Å². The van der Waals surface area contributed by atoms with E-state index in [1.165, 1.54) is 12.3 Å². The van der Waals surface area contributed by atoms with Gasteiger partial charge >= 0.3 is 0 Å². The Morgan fingerprint density at radius 2 is 2.12 bits per heavy atom. The van der Waals surface area contributed by atoms with Crippen LogP contribution in [0, 0.1) is 17.1 Å². The molecule has 3 heterocycles. The Balaban J connectivity index is 1.50. The van der Waals surface area contributed by atoms with E-state index in [0.717, 1.165) is 30.6 Å². The Kier molecular flexibility index (Phi) is 5.13. The molecule has 1 saturated heterocycles. The maximum atomic E-state index is 14.4. The normalized spacial score (nSPS) is 15.6. The summed E-state index contributed by atoms with van der Waals surface area (Å²) in [6.45, 7) is 1.74. The lowest BCUT2D eigenvalue weighted by Crippen LogP contribution is -2.19. The van der Waals surface area contributed by atoms with Crippen molar-refractivity contribution in [2.75, 3.05) is 18.4 Å². The number of aryl methyl sites for hydroxylation is 1. The van der Waals surface area contributed by atoms with E-state index in [9.17, 15) is 4.39 Å². The van der Waals surface area contributed by atoms with Crippen LogP contribution in [0.5, 0.6) is 5.75 Å². The summed E-state index contributed by atoms with van der Waals surface area (Å²) in [6.07, 6.45) is 6.26. The molecular formula is C23H20FN7O. The van der Waals surface area contributed by atoms with Gasteiger partial charge in [-0.1, -0.05) is 0 Å². The molecular weight excluding hydrogens is 409 g/mol. The van der Waals surface area contributed by atoms with Crippen LogP contribution in [0.3, 0.4) is 0 Å². The molecule has 32 heavy (non-hydrogen) atoms. The topological polar surface area (TPSA) is 101 Å². The number of fused-ring (bicyclic) bond motifs is 1. The molecule has 9 heteroatoms. The van der Waals surface area contributed by atoms with E-state index in [-0.39, 0.29) is 23.1 Å². The zero-order chi connectivity index (χ0) is 22.1. The quantitative estimate of drug-likeness (QED) is 0.501. The lowest BCUT2D eigenvalue weighted by atomic mass is 10.1. The Bertz CT molecular complexity index is 1340. The van der Waals surface area contributed by atoms with Gasteiger partial charge in [-0.2, -0.15) is 10.4 Å². The Morgan fingerprint density at radius 3 is 2.88 bits per heavy atom. The molecule has 1 aliphatic heterocycles. The van der Waals surface area contributed by atoms with E-state index in [1.54, 1.807) is 16.9 Å². The predicted octanol–water partition coefficient (Wildman–Crippen LogP) is 3.53. The van der Waals surface area contributed by atoms with Crippen molar-refractivity contribution in [1.82, 2.24) is 25.1 Å². The van der Waals surface area contributed by atoms with Crippen LogP contribution in [0.15, 0.2) is 48.9 Å². The summed E-state index contributed by atoms with van der Waals surface area (Å²) in [5.74, 6) is 0.400. The van der Waals surface area contributed by atoms with E-state index in [0.29, 0.717) is 16.8 Å². The summed E-state index contributed by atoms with van der Waals surface area (Å²) >= 11 is 0. The third kappa shape index (κ3) is 4.08. The van der Waals surface area contributed by atoms with Crippen molar-refractivity contribution in [2.45, 2.75) is 12.5 Å². The number of nitrogens with one attached hydrogen (secondary N) is 2. The molecule has 1 atom stereocenters. The largest absolute Gasteiger partial charge is 0.489 e. The van der Waals surface area contributed by atoms with Crippen molar-refractivity contribution in [1.29, 1.82) is 5.26 Å². The van der Waals surface area contributed by atoms with E-state index in [2.05, 4.69) is 25.7 Å². The molecule has 4 aromatic rings. The van der Waals surface area contributed by atoms with Gasteiger partial charge in [0.05, 0.1) is 17.8 Å². The molecule has 5 rings (SSSR count). The highest BCUT2D eigenvalue weighted by atomic mass is 19.1. The van der Waals surface area contributed by atoms with Gasteiger partial charge in [-0.3, -0.25) is 4.68 Å². The summed E-state index contributed by atoms with van der Waals surface area (Å²) in [6, 6.07) is 10.5. The molecule has 2 N–H and O–H groups in total. The van der Waals surface area contributed by atoms with Crippen molar-refractivity contribution < 1.29 is 9.13 Å². The van der Waals surface area contributed by atoms with Crippen LogP contribution in [-0.4, -0.2) is 38.9 Å². The minimum absolute atomic E-state index is 0.104. The number of nitriles is 1. The Labute approximate surface area is 183 Å². The van der Waals surface area contributed by atoms with Gasteiger partial charge in [-0.15, -0.1) is 0 Å². The van der Waals surface area contributed by atoms with Crippen LogP contribution in [-0.2, 0) is 7.05 Å². The predicted molar refractivity (Wildman–Crippen MR) is 118 cm³/mol. The molecule has 0 spiro atoms. The molecule has 0 saturated carbocycles. The monoisotopic (exact) mass is 429 g/mol. The summed E-state index contributed by atoms with van der Waals surface area (Å²) < 4.78 is 22.3. The number of nitrogens with zero attached hydrogens (tertiary/aromatic N) is 5. The van der Waals surface area contributed by atoms with Gasteiger partial charge in [0, 0.05) is 48.7 Å². The average molecular weight is 429 g/mol. The molecule has 0 aliphatic carbocycles. The lowest BCUT2D eigenvalue weighted by molar-refractivity contribution is 0.223. The molecule has 8 nitrogen and oxygen atoms in total. The molecule has 0 radical (unpaired) electrons. The highest BCUT2D eigenvalue weighted by Crippen LogP contribution is 2.31. The van der Waals surface area contributed by atoms with Crippen molar-refractivity contribution in [3.8, 4) is 22.9 Å². The highest BCUT2D eigenvalue weighted by molar-refractivity contribution is 5.81. The minimum atomic E-state index is -0.564. The first-order valence-corrected chi connectivity index (χ1v) is 10.2. The number of rotatable bonds is 5. The van der Waals surface area contributed by atoms with Gasteiger partial charge in [0.25, 0.3) is 0 Å². The maximum Gasteiger partial charge on any atom is 0.227 e. The third-order valence-electron chi connectivity index (χ3n) is 5.28. The molecule has 0 amide bonds. The minimum Gasteiger partial charge on any atom is -0.489 e. The Hall–Kier alpha value is -4.03. The van der Waals surface area contributed by atoms with E-state index in [1.807, 2.05) is 37.5 Å². The van der Waals surface area contributed by atoms with Gasteiger partial charge < -0.3 is 15.4 Å². The zero-order valence-corrected chi connectivity index (χ0v) is 17.3. The maximum absolute atomic E-state index is 14.4. The average Bonchev–Trinajstić information content (AvgIpc) is 3.45. The van der Waals surface area contributed by atoms with Crippen molar-refractivity contribution in [2.24, 2.45) is 7.05 Å². The number of aromatic nitrogens is 4. The third-order valence-corrected chi connectivity index (χ3v) is 5.28. The highest BCUT2D eigenvalue weighted by Gasteiger charge is 2.17. The smallest absolute Gasteiger partial charge is 0.227 e. The number of anilines is 2. The van der Waals surface area contributed by atoms with Gasteiger partial charge in [-0.05, 0) is 42.8 Å². The number of ether oxygens (including phenoxy) is 1. The number of benzene rings is 2. The summed E-state index contributed by atoms with van der Waals surface area (Å²) in [5.41, 5.74) is 2.96. The fourth-order valence-electron chi connectivity index (χ4n) is 3.75. The first kappa shape index (κ1) is 19.9. The second-order valence-electron chi connectivity index (χ2n) is 7.71. The van der Waals surface area contributed by atoms with Crippen LogP contribution >= 0.6 is 0 Å². The van der Waals surface area contributed by atoms with E-state index in [4.69, 9.17) is 10.00 Å². The van der Waals surface area contributed by atoms with Gasteiger partial charge in [0.15, 0.2) is 5.82 Å². The fraction of sp³-hybridized carbons (Fsp3) is 0.217. The van der Waals surface area contributed by atoms with Crippen molar-refractivity contribution in [3.63, 3.8) is 0 Å². The summed E-state index contributed by atoms with van der Waals surface area (Å²) in [4.78, 5) is 8.60. The summed E-state index contributed by atoms with van der Waals surface area (Å²) in [7, 11) is 1.86. The number of halogens is 1. The SMILES string of the molecule is Cn1cc(-c2cc(Nc3ncc4cc(C#N)cc(F)c4n3)cc(O[C@@H]3CCNC3)c2)cn1. The van der Waals surface area contributed by atoms with Crippen LogP contribution in [0.2, 0.25) is 0 Å². The zero-order valence-electron chi connectivity index (χ0n) is 17.3. The fourth-order valence-corrected chi connectivity index (χ4v) is 3.75. The van der Waals surface area contributed by atoms with Crippen LogP contribution in [0.1, 0.15) is 12.0 Å². The van der Waals surface area contributed by atoms with Gasteiger partial charge in [-0.25, -0.2) is 14.4 Å². The van der Waals surface area contributed by atoms with Gasteiger partial charge in [0.1, 0.15) is 17.4 Å². The van der Waals surface area contributed by atoms with Crippen LogP contribution < -0.4 is 15.4 Å². The van der Waals surface area contributed by atoms with E-state index >= 15 is 0 Å². The molecule has 1 aliphatic rings. The second kappa shape index (κ2) is 8.24. The van der Waals surface area contributed by atoms with Crippen LogP contribution in [0.4, 0.5) is 16.0 Å². The van der Waals surface area contributed by atoms with Crippen molar-refractivity contribution in [3.05, 3.63) is 60.3 Å². The van der Waals surface area contributed by atoms with E-state index < -0.39 is 5.82 Å². The molecule has 160 valence electrons. The lowest BCUT2D eigenvalue weighted by Gasteiger charge is -2.15. The molecule has 1 fully saturated rings. The molecule has 2 aromatic carbocycles. The number of hydrogen-bond donors (Lipinski definition) is 2. The summed E-state index contributed by atoms with van der Waals surface area (Å²) in [5, 5.41) is 20.2. The number of hydrogen-bond acceptors (Lipinski definition) is 7. The molecule has 0 bridgehead atoms. The first-order valence-electron chi connectivity index (χ1n) is 10.2. The standard InChI is InChI=1S/C23H20FN7O/c1-31-13-17(11-28-31)15-6-18(8-20(7-15)32-19-2-3-26-12-19)29-23-27-10-16-4-14(9-25)5-21(24)22(16)30-23/h4-8,10-11,13,19,26H,2-3,12H2,1H3,(H,27,29,30)/t19-/m1/s1. The van der Waals surface area contributed by atoms with Gasteiger partial charge in [0.2, 0.25) is 5.95 Å². The molecule has 0 unspecified atom stereocenters.